The van der Waals surface area contributed by atoms with Gasteiger partial charge in [0.05, 0.1) is 0 Å². The molecule has 0 bridgehead atoms. The van der Waals surface area contributed by atoms with E-state index in [1.165, 1.54) is 6.92 Å². The van der Waals surface area contributed by atoms with E-state index in [4.69, 9.17) is 15.9 Å². The average molecular weight is 331 g/mol. The van der Waals surface area contributed by atoms with Gasteiger partial charge in [-0.05, 0) is 24.0 Å². The van der Waals surface area contributed by atoms with E-state index in [-0.39, 0.29) is 24.1 Å². The van der Waals surface area contributed by atoms with E-state index in [0.717, 1.165) is 11.1 Å². The third-order valence-corrected chi connectivity index (χ3v) is 3.43. The lowest BCUT2D eigenvalue weighted by Crippen LogP contribution is -2.26. The quantitative estimate of drug-likeness (QED) is 0.639. The minimum atomic E-state index is -0.556. The standard InChI is InChI=1S/C16H21N5O3/c1-10(22)19-13(16-21-20-15(24-16)8-14(18)23)6-5-11-3-2-4-12(7-11)9-17/h2-4,7,13H,5-6,8-9,17H2,1H3,(H2,18,23)(H,19,22)/t13-/m0/s1. The van der Waals surface area contributed by atoms with Crippen molar-refractivity contribution in [2.75, 3.05) is 0 Å². The van der Waals surface area contributed by atoms with Crippen LogP contribution in [0.15, 0.2) is 28.7 Å². The number of primary amides is 1. The third kappa shape index (κ3) is 5.17. The minimum Gasteiger partial charge on any atom is -0.422 e. The molecular formula is C16H21N5O3. The largest absolute Gasteiger partial charge is 0.422 e. The van der Waals surface area contributed by atoms with Crippen molar-refractivity contribution in [1.82, 2.24) is 15.5 Å². The number of benzene rings is 1. The summed E-state index contributed by atoms with van der Waals surface area (Å²) < 4.78 is 5.43. The lowest BCUT2D eigenvalue weighted by atomic mass is 10.0. The predicted octanol–water partition coefficient (Wildman–Crippen LogP) is 0.366. The fourth-order valence-electron chi connectivity index (χ4n) is 2.35. The Kier molecular flexibility index (Phi) is 6.02. The Labute approximate surface area is 139 Å². The summed E-state index contributed by atoms with van der Waals surface area (Å²) in [5.74, 6) is -0.361. The minimum absolute atomic E-state index is 0.127. The van der Waals surface area contributed by atoms with Crippen LogP contribution in [0.1, 0.15) is 42.3 Å². The molecule has 0 saturated heterocycles. The zero-order valence-electron chi connectivity index (χ0n) is 13.5. The summed E-state index contributed by atoms with van der Waals surface area (Å²) in [6.07, 6.45) is 1.15. The zero-order valence-corrected chi connectivity index (χ0v) is 13.5. The van der Waals surface area contributed by atoms with Crippen molar-refractivity contribution < 1.29 is 14.0 Å². The van der Waals surface area contributed by atoms with Crippen molar-refractivity contribution in [3.63, 3.8) is 0 Å². The maximum Gasteiger partial charge on any atom is 0.238 e. The molecule has 2 amide bonds. The van der Waals surface area contributed by atoms with Gasteiger partial charge in [-0.3, -0.25) is 9.59 Å². The maximum atomic E-state index is 11.4. The monoisotopic (exact) mass is 331 g/mol. The van der Waals surface area contributed by atoms with Gasteiger partial charge in [0, 0.05) is 13.5 Å². The molecule has 0 aliphatic carbocycles. The Morgan fingerprint density at radius 1 is 1.29 bits per heavy atom. The summed E-state index contributed by atoms with van der Waals surface area (Å²) in [5.41, 5.74) is 12.9. The summed E-state index contributed by atoms with van der Waals surface area (Å²) in [6, 6.07) is 7.50. The number of carbonyl (C=O) groups excluding carboxylic acids is 2. The second-order valence-electron chi connectivity index (χ2n) is 5.49. The molecule has 2 aromatic rings. The van der Waals surface area contributed by atoms with Crippen LogP contribution in [-0.2, 0) is 29.0 Å². The molecule has 128 valence electrons. The molecular weight excluding hydrogens is 310 g/mol. The van der Waals surface area contributed by atoms with E-state index >= 15 is 0 Å². The Morgan fingerprint density at radius 2 is 2.04 bits per heavy atom. The summed E-state index contributed by atoms with van der Waals surface area (Å²) in [6.45, 7) is 1.89. The van der Waals surface area contributed by atoms with Crippen molar-refractivity contribution in [3.05, 3.63) is 47.2 Å². The fraction of sp³-hybridized carbons (Fsp3) is 0.375. The zero-order chi connectivity index (χ0) is 17.5. The number of nitrogens with two attached hydrogens (primary N) is 2. The third-order valence-electron chi connectivity index (χ3n) is 3.43. The van der Waals surface area contributed by atoms with Gasteiger partial charge in [-0.15, -0.1) is 10.2 Å². The second-order valence-corrected chi connectivity index (χ2v) is 5.49. The number of amides is 2. The van der Waals surface area contributed by atoms with Crippen molar-refractivity contribution in [3.8, 4) is 0 Å². The van der Waals surface area contributed by atoms with E-state index in [1.807, 2.05) is 24.3 Å². The van der Waals surface area contributed by atoms with Crippen molar-refractivity contribution >= 4 is 11.8 Å². The van der Waals surface area contributed by atoms with Gasteiger partial charge >= 0.3 is 0 Å². The first kappa shape index (κ1) is 17.6. The molecule has 1 heterocycles. The van der Waals surface area contributed by atoms with Crippen LogP contribution in [0.2, 0.25) is 0 Å². The molecule has 8 nitrogen and oxygen atoms in total. The van der Waals surface area contributed by atoms with Gasteiger partial charge in [-0.25, -0.2) is 0 Å². The van der Waals surface area contributed by atoms with Crippen LogP contribution < -0.4 is 16.8 Å². The topological polar surface area (TPSA) is 137 Å². The van der Waals surface area contributed by atoms with Crippen molar-refractivity contribution in [1.29, 1.82) is 0 Å². The molecule has 5 N–H and O–H groups in total. The van der Waals surface area contributed by atoms with Gasteiger partial charge < -0.3 is 21.2 Å². The number of nitrogens with one attached hydrogen (secondary N) is 1. The molecule has 0 radical (unpaired) electrons. The Balaban J connectivity index is 2.08. The van der Waals surface area contributed by atoms with Gasteiger partial charge in [0.2, 0.25) is 23.6 Å². The first-order chi connectivity index (χ1) is 11.5. The Hall–Kier alpha value is -2.74. The Morgan fingerprint density at radius 3 is 2.71 bits per heavy atom. The molecule has 24 heavy (non-hydrogen) atoms. The van der Waals surface area contributed by atoms with Gasteiger partial charge in [-0.2, -0.15) is 0 Å². The second kappa shape index (κ2) is 8.21. The van der Waals surface area contributed by atoms with Crippen LogP contribution in [0.5, 0.6) is 0 Å². The van der Waals surface area contributed by atoms with E-state index in [9.17, 15) is 9.59 Å². The molecule has 0 unspecified atom stereocenters. The molecule has 0 fully saturated rings. The number of aromatic nitrogens is 2. The number of aryl methyl sites for hydroxylation is 1. The first-order valence-electron chi connectivity index (χ1n) is 7.63. The van der Waals surface area contributed by atoms with Crippen molar-refractivity contribution in [2.24, 2.45) is 11.5 Å². The molecule has 1 atom stereocenters. The molecule has 0 spiro atoms. The van der Waals surface area contributed by atoms with Crippen LogP contribution in [0.3, 0.4) is 0 Å². The molecule has 8 heteroatoms. The van der Waals surface area contributed by atoms with Crippen LogP contribution in [0, 0.1) is 0 Å². The first-order valence-corrected chi connectivity index (χ1v) is 7.63. The van der Waals surface area contributed by atoms with Crippen LogP contribution >= 0.6 is 0 Å². The number of hydrogen-bond donors (Lipinski definition) is 3. The predicted molar refractivity (Wildman–Crippen MR) is 86.4 cm³/mol. The van der Waals surface area contributed by atoms with E-state index in [0.29, 0.717) is 19.4 Å². The molecule has 2 rings (SSSR count). The van der Waals surface area contributed by atoms with Gasteiger partial charge in [0.15, 0.2) is 0 Å². The van der Waals surface area contributed by atoms with E-state index in [2.05, 4.69) is 15.5 Å². The lowest BCUT2D eigenvalue weighted by Gasteiger charge is -2.14. The van der Waals surface area contributed by atoms with Gasteiger partial charge in [-0.1, -0.05) is 24.3 Å². The summed E-state index contributed by atoms with van der Waals surface area (Å²) in [5, 5.41) is 10.5. The molecule has 0 aliphatic heterocycles. The highest BCUT2D eigenvalue weighted by Crippen LogP contribution is 2.19. The molecule has 0 saturated carbocycles. The van der Waals surface area contributed by atoms with E-state index in [1.54, 1.807) is 0 Å². The molecule has 1 aromatic carbocycles. The number of hydrogen-bond acceptors (Lipinski definition) is 6. The van der Waals surface area contributed by atoms with E-state index < -0.39 is 11.9 Å². The average Bonchev–Trinajstić information content (AvgIpc) is 2.99. The number of rotatable bonds is 8. The van der Waals surface area contributed by atoms with Crippen LogP contribution in [0.25, 0.3) is 0 Å². The summed E-state index contributed by atoms with van der Waals surface area (Å²) >= 11 is 0. The smallest absolute Gasteiger partial charge is 0.238 e. The SMILES string of the molecule is CC(=O)N[C@@H](CCc1cccc(CN)c1)c1nnc(CC(N)=O)o1. The van der Waals surface area contributed by atoms with Crippen LogP contribution in [0.4, 0.5) is 0 Å². The van der Waals surface area contributed by atoms with Crippen LogP contribution in [-0.4, -0.2) is 22.0 Å². The highest BCUT2D eigenvalue weighted by atomic mass is 16.4. The van der Waals surface area contributed by atoms with Gasteiger partial charge in [0.25, 0.3) is 0 Å². The number of nitrogens with zero attached hydrogens (tertiary/aromatic N) is 2. The van der Waals surface area contributed by atoms with Gasteiger partial charge in [0.1, 0.15) is 12.5 Å². The summed E-state index contributed by atoms with van der Waals surface area (Å²) in [4.78, 5) is 22.3. The normalized spacial score (nSPS) is 11.9. The number of carbonyl (C=O) groups is 2. The molecule has 1 aromatic heterocycles. The lowest BCUT2D eigenvalue weighted by molar-refractivity contribution is -0.120. The van der Waals surface area contributed by atoms with Crippen molar-refractivity contribution in [2.45, 2.75) is 38.8 Å². The maximum absolute atomic E-state index is 11.4. The highest BCUT2D eigenvalue weighted by molar-refractivity contribution is 5.75. The molecule has 0 aliphatic rings. The Bertz CT molecular complexity index is 713. The summed E-state index contributed by atoms with van der Waals surface area (Å²) in [7, 11) is 0. The highest BCUT2D eigenvalue weighted by Gasteiger charge is 2.20. The fourth-order valence-corrected chi connectivity index (χ4v) is 2.35.